The van der Waals surface area contributed by atoms with Crippen LogP contribution in [0.4, 0.5) is 0 Å². The number of aliphatic hydroxyl groups is 1. The van der Waals surface area contributed by atoms with Crippen molar-refractivity contribution in [2.45, 2.75) is 39.7 Å². The predicted octanol–water partition coefficient (Wildman–Crippen LogP) is 1.22. The Kier molecular flexibility index (Phi) is 4.39. The van der Waals surface area contributed by atoms with Gasteiger partial charge in [0.15, 0.2) is 0 Å². The van der Waals surface area contributed by atoms with Gasteiger partial charge in [-0.2, -0.15) is 0 Å². The number of hydrogen-bond donors (Lipinski definition) is 1. The van der Waals surface area contributed by atoms with Gasteiger partial charge in [-0.25, -0.2) is 8.42 Å². The van der Waals surface area contributed by atoms with Crippen LogP contribution in [0.15, 0.2) is 0 Å². The minimum Gasteiger partial charge on any atom is -0.393 e. The van der Waals surface area contributed by atoms with E-state index < -0.39 is 15.9 Å². The number of hydrogen-bond acceptors (Lipinski definition) is 3. The third-order valence-corrected chi connectivity index (χ3v) is 3.55. The Morgan fingerprint density at radius 3 is 2.15 bits per heavy atom. The largest absolute Gasteiger partial charge is 0.393 e. The maximum atomic E-state index is 10.8. The van der Waals surface area contributed by atoms with Crippen molar-refractivity contribution in [1.82, 2.24) is 0 Å². The van der Waals surface area contributed by atoms with Crippen LogP contribution in [0.2, 0.25) is 0 Å². The maximum Gasteiger partial charge on any atom is 0.147 e. The Bertz CT molecular complexity index is 242. The summed E-state index contributed by atoms with van der Waals surface area (Å²) in [7, 11) is -2.95. The summed E-state index contributed by atoms with van der Waals surface area (Å²) in [5.41, 5.74) is -0.190. The zero-order chi connectivity index (χ0) is 10.7. The molecule has 0 aliphatic heterocycles. The molecule has 0 saturated carbocycles. The highest BCUT2D eigenvalue weighted by atomic mass is 32.2. The lowest BCUT2D eigenvalue weighted by molar-refractivity contribution is 0.0452. The van der Waals surface area contributed by atoms with Gasteiger partial charge in [-0.05, 0) is 18.3 Å². The molecule has 0 aliphatic carbocycles. The van der Waals surface area contributed by atoms with E-state index in [0.29, 0.717) is 6.42 Å². The van der Waals surface area contributed by atoms with Gasteiger partial charge >= 0.3 is 0 Å². The van der Waals surface area contributed by atoms with Gasteiger partial charge in [0.25, 0.3) is 0 Å². The Hall–Kier alpha value is -0.0900. The van der Waals surface area contributed by atoms with Crippen LogP contribution in [0.1, 0.15) is 33.6 Å². The van der Waals surface area contributed by atoms with Crippen LogP contribution in [0.3, 0.4) is 0 Å². The van der Waals surface area contributed by atoms with Crippen LogP contribution in [0.5, 0.6) is 0 Å². The summed E-state index contributed by atoms with van der Waals surface area (Å²) < 4.78 is 21.7. The molecule has 0 saturated heterocycles. The molecule has 1 atom stereocenters. The second-order valence-corrected chi connectivity index (χ2v) is 6.54. The van der Waals surface area contributed by atoms with Crippen molar-refractivity contribution in [3.63, 3.8) is 0 Å². The van der Waals surface area contributed by atoms with E-state index in [2.05, 4.69) is 0 Å². The fourth-order valence-electron chi connectivity index (χ4n) is 0.952. The smallest absolute Gasteiger partial charge is 0.147 e. The quantitative estimate of drug-likeness (QED) is 0.739. The lowest BCUT2D eigenvalue weighted by atomic mass is 9.83. The lowest BCUT2D eigenvalue weighted by Gasteiger charge is -2.28. The van der Waals surface area contributed by atoms with Crippen LogP contribution in [0, 0.1) is 5.41 Å². The van der Waals surface area contributed by atoms with E-state index >= 15 is 0 Å². The first-order valence-electron chi connectivity index (χ1n) is 4.55. The molecule has 0 aromatic heterocycles. The molecule has 1 unspecified atom stereocenters. The highest BCUT2D eigenvalue weighted by molar-refractivity contribution is 7.90. The first-order valence-corrected chi connectivity index (χ1v) is 6.61. The first-order chi connectivity index (χ1) is 5.69. The van der Waals surface area contributed by atoms with Crippen molar-refractivity contribution in [1.29, 1.82) is 0 Å². The minimum absolute atomic E-state index is 0.0671. The molecule has 80 valence electrons. The van der Waals surface area contributed by atoms with Gasteiger partial charge in [0.05, 0.1) is 11.9 Å². The third kappa shape index (κ3) is 5.26. The van der Waals surface area contributed by atoms with E-state index in [1.807, 2.05) is 20.8 Å². The summed E-state index contributed by atoms with van der Waals surface area (Å²) in [6.45, 7) is 5.88. The number of aliphatic hydroxyl groups excluding tert-OH is 1. The zero-order valence-corrected chi connectivity index (χ0v) is 9.69. The summed E-state index contributed by atoms with van der Waals surface area (Å²) in [4.78, 5) is 0. The van der Waals surface area contributed by atoms with Gasteiger partial charge in [-0.1, -0.05) is 20.8 Å². The van der Waals surface area contributed by atoms with Crippen molar-refractivity contribution in [3.8, 4) is 0 Å². The molecule has 13 heavy (non-hydrogen) atoms. The van der Waals surface area contributed by atoms with Crippen LogP contribution in [0.25, 0.3) is 0 Å². The molecular weight excluding hydrogens is 188 g/mol. The standard InChI is InChI=1S/C9H20O3S/c1-5-9(2,3)8(10)6-7-13(4,11)12/h8,10H,5-7H2,1-4H3. The Morgan fingerprint density at radius 1 is 1.38 bits per heavy atom. The highest BCUT2D eigenvalue weighted by Gasteiger charge is 2.26. The highest BCUT2D eigenvalue weighted by Crippen LogP contribution is 2.26. The van der Waals surface area contributed by atoms with Crippen molar-refractivity contribution in [2.75, 3.05) is 12.0 Å². The van der Waals surface area contributed by atoms with Gasteiger partial charge < -0.3 is 5.11 Å². The van der Waals surface area contributed by atoms with Crippen molar-refractivity contribution < 1.29 is 13.5 Å². The summed E-state index contributed by atoms with van der Waals surface area (Å²) >= 11 is 0. The monoisotopic (exact) mass is 208 g/mol. The number of sulfone groups is 1. The molecule has 0 aliphatic rings. The topological polar surface area (TPSA) is 54.4 Å². The van der Waals surface area contributed by atoms with Crippen LogP contribution < -0.4 is 0 Å². The lowest BCUT2D eigenvalue weighted by Crippen LogP contribution is -2.30. The van der Waals surface area contributed by atoms with E-state index in [4.69, 9.17) is 0 Å². The molecule has 0 aromatic carbocycles. The summed E-state index contributed by atoms with van der Waals surface area (Å²) in [6, 6.07) is 0. The molecule has 0 amide bonds. The van der Waals surface area contributed by atoms with E-state index in [1.54, 1.807) is 0 Å². The Balaban J connectivity index is 4.10. The van der Waals surface area contributed by atoms with Gasteiger partial charge in [0, 0.05) is 6.26 Å². The Labute approximate surface area is 81.1 Å². The number of rotatable bonds is 5. The summed E-state index contributed by atoms with van der Waals surface area (Å²) in [5.74, 6) is 0.0671. The first kappa shape index (κ1) is 12.9. The molecular formula is C9H20O3S. The average molecular weight is 208 g/mol. The van der Waals surface area contributed by atoms with E-state index in [9.17, 15) is 13.5 Å². The molecule has 0 radical (unpaired) electrons. The fourth-order valence-corrected chi connectivity index (χ4v) is 1.60. The van der Waals surface area contributed by atoms with Crippen LogP contribution >= 0.6 is 0 Å². The average Bonchev–Trinajstić information content (AvgIpc) is 1.98. The molecule has 0 rings (SSSR count). The van der Waals surface area contributed by atoms with E-state index in [1.165, 1.54) is 6.26 Å². The second-order valence-electron chi connectivity index (χ2n) is 4.28. The van der Waals surface area contributed by atoms with Gasteiger partial charge in [0.2, 0.25) is 0 Å². The van der Waals surface area contributed by atoms with Crippen molar-refractivity contribution >= 4 is 9.84 Å². The van der Waals surface area contributed by atoms with Crippen molar-refractivity contribution in [2.24, 2.45) is 5.41 Å². The van der Waals surface area contributed by atoms with Crippen LogP contribution in [-0.2, 0) is 9.84 Å². The molecule has 1 N–H and O–H groups in total. The molecule has 0 fully saturated rings. The third-order valence-electron chi connectivity index (χ3n) is 2.58. The molecule has 0 aromatic rings. The molecule has 0 bridgehead atoms. The normalized spacial score (nSPS) is 15.8. The van der Waals surface area contributed by atoms with E-state index in [0.717, 1.165) is 6.42 Å². The fraction of sp³-hybridized carbons (Fsp3) is 1.00. The minimum atomic E-state index is -2.95. The summed E-state index contributed by atoms with van der Waals surface area (Å²) in [5, 5.41) is 9.68. The van der Waals surface area contributed by atoms with Gasteiger partial charge in [0.1, 0.15) is 9.84 Å². The molecule has 4 heteroatoms. The Morgan fingerprint density at radius 2 is 1.85 bits per heavy atom. The van der Waals surface area contributed by atoms with Crippen molar-refractivity contribution in [3.05, 3.63) is 0 Å². The second kappa shape index (κ2) is 4.42. The maximum absolute atomic E-state index is 10.8. The molecule has 0 spiro atoms. The van der Waals surface area contributed by atoms with Crippen LogP contribution in [-0.4, -0.2) is 31.6 Å². The SMILES string of the molecule is CCC(C)(C)C(O)CCS(C)(=O)=O. The molecule has 3 nitrogen and oxygen atoms in total. The van der Waals surface area contributed by atoms with E-state index in [-0.39, 0.29) is 11.2 Å². The summed E-state index contributed by atoms with van der Waals surface area (Å²) in [6.07, 6.45) is 1.84. The van der Waals surface area contributed by atoms with Gasteiger partial charge in [-0.3, -0.25) is 0 Å². The van der Waals surface area contributed by atoms with Gasteiger partial charge in [-0.15, -0.1) is 0 Å². The predicted molar refractivity (Wildman–Crippen MR) is 54.4 cm³/mol. The zero-order valence-electron chi connectivity index (χ0n) is 8.87. The molecule has 0 heterocycles.